The molecule has 25 heavy (non-hydrogen) atoms. The zero-order chi connectivity index (χ0) is 18.9. The van der Waals surface area contributed by atoms with Gasteiger partial charge in [-0.25, -0.2) is 0 Å². The quantitative estimate of drug-likeness (QED) is 0.644. The van der Waals surface area contributed by atoms with Crippen molar-refractivity contribution >= 4 is 23.2 Å². The third-order valence-corrected chi connectivity index (χ3v) is 5.04. The van der Waals surface area contributed by atoms with E-state index in [2.05, 4.69) is 0 Å². The van der Waals surface area contributed by atoms with Crippen molar-refractivity contribution in [1.82, 2.24) is 0 Å². The number of hydrogen-bond acceptors (Lipinski definition) is 1. The first-order valence-corrected chi connectivity index (χ1v) is 8.49. The van der Waals surface area contributed by atoms with Gasteiger partial charge < -0.3 is 5.11 Å². The number of aliphatic hydroxyl groups is 1. The van der Waals surface area contributed by atoms with E-state index in [0.29, 0.717) is 0 Å². The van der Waals surface area contributed by atoms with Gasteiger partial charge >= 0.3 is 6.18 Å². The highest BCUT2D eigenvalue weighted by molar-refractivity contribution is 6.42. The minimum atomic E-state index is -4.79. The van der Waals surface area contributed by atoms with Crippen LogP contribution in [0.4, 0.5) is 13.2 Å². The van der Waals surface area contributed by atoms with E-state index in [0.717, 1.165) is 5.56 Å². The molecule has 2 aromatic rings. The third kappa shape index (κ3) is 4.69. The van der Waals surface area contributed by atoms with Crippen molar-refractivity contribution < 1.29 is 18.3 Å². The summed E-state index contributed by atoms with van der Waals surface area (Å²) in [6.07, 6.45) is -5.86. The fourth-order valence-electron chi connectivity index (χ4n) is 2.97. The molecule has 1 unspecified atom stereocenters. The Bertz CT molecular complexity index is 729. The molecule has 2 rings (SSSR count). The number of alkyl halides is 3. The predicted octanol–water partition coefficient (Wildman–Crippen LogP) is 6.20. The van der Waals surface area contributed by atoms with Gasteiger partial charge in [-0.05, 0) is 35.1 Å². The molecule has 136 valence electrons. The molecule has 0 saturated carbocycles. The van der Waals surface area contributed by atoms with Crippen LogP contribution in [0.3, 0.4) is 0 Å². The van der Waals surface area contributed by atoms with Crippen LogP contribution in [0.1, 0.15) is 31.4 Å². The van der Waals surface area contributed by atoms with Crippen LogP contribution in [0, 0.1) is 0 Å². The standard InChI is InChI=1S/C19H19Cl2F3O/c1-17(2,14-6-4-3-5-7-14)12-18(25,19(22,23)24)11-13-8-9-15(20)16(21)10-13/h3-10,25H,11-12H2,1-2H3. The normalized spacial score (nSPS) is 15.0. The lowest BCUT2D eigenvalue weighted by Gasteiger charge is -2.38. The highest BCUT2D eigenvalue weighted by Crippen LogP contribution is 2.43. The van der Waals surface area contributed by atoms with Crippen LogP contribution < -0.4 is 0 Å². The van der Waals surface area contributed by atoms with Crippen LogP contribution in [0.25, 0.3) is 0 Å². The Kier molecular flexibility index (Phi) is 5.77. The molecule has 0 bridgehead atoms. The first kappa shape index (κ1) is 20.1. The molecule has 1 nitrogen and oxygen atoms in total. The lowest BCUT2D eigenvalue weighted by Crippen LogP contribution is -2.50. The molecule has 0 fully saturated rings. The SMILES string of the molecule is CC(C)(CC(O)(Cc1ccc(Cl)c(Cl)c1)C(F)(F)F)c1ccccc1. The van der Waals surface area contributed by atoms with Gasteiger partial charge in [-0.2, -0.15) is 13.2 Å². The van der Waals surface area contributed by atoms with Gasteiger partial charge in [-0.15, -0.1) is 0 Å². The van der Waals surface area contributed by atoms with Crippen molar-refractivity contribution in [3.63, 3.8) is 0 Å². The third-order valence-electron chi connectivity index (χ3n) is 4.30. The Morgan fingerprint density at radius 2 is 1.52 bits per heavy atom. The molecule has 0 aliphatic rings. The van der Waals surface area contributed by atoms with Gasteiger partial charge in [-0.1, -0.05) is 73.4 Å². The molecule has 0 saturated heterocycles. The average Bonchev–Trinajstić information content (AvgIpc) is 2.50. The van der Waals surface area contributed by atoms with E-state index in [1.54, 1.807) is 44.2 Å². The Balaban J connectivity index is 2.36. The molecule has 2 aromatic carbocycles. The van der Waals surface area contributed by atoms with E-state index in [-0.39, 0.29) is 15.6 Å². The average molecular weight is 391 g/mol. The molecule has 0 aliphatic heterocycles. The summed E-state index contributed by atoms with van der Waals surface area (Å²) in [4.78, 5) is 0. The van der Waals surface area contributed by atoms with Gasteiger partial charge in [-0.3, -0.25) is 0 Å². The van der Waals surface area contributed by atoms with E-state index in [1.807, 2.05) is 0 Å². The van der Waals surface area contributed by atoms with E-state index in [9.17, 15) is 18.3 Å². The zero-order valence-corrected chi connectivity index (χ0v) is 15.4. The summed E-state index contributed by atoms with van der Waals surface area (Å²) in [6.45, 7) is 3.38. The second kappa shape index (κ2) is 7.18. The van der Waals surface area contributed by atoms with E-state index in [4.69, 9.17) is 23.2 Å². The maximum Gasteiger partial charge on any atom is 0.417 e. The minimum absolute atomic E-state index is 0.158. The highest BCUT2D eigenvalue weighted by atomic mass is 35.5. The van der Waals surface area contributed by atoms with Crippen molar-refractivity contribution in [1.29, 1.82) is 0 Å². The lowest BCUT2D eigenvalue weighted by atomic mass is 9.73. The number of rotatable bonds is 5. The summed E-state index contributed by atoms with van der Waals surface area (Å²) in [6, 6.07) is 13.1. The van der Waals surface area contributed by atoms with E-state index >= 15 is 0 Å². The van der Waals surface area contributed by atoms with Gasteiger partial charge in [0.1, 0.15) is 0 Å². The summed E-state index contributed by atoms with van der Waals surface area (Å²) in [7, 11) is 0. The molecule has 0 aromatic heterocycles. The maximum atomic E-state index is 13.7. The van der Waals surface area contributed by atoms with Crippen LogP contribution in [-0.2, 0) is 11.8 Å². The number of hydrogen-bond donors (Lipinski definition) is 1. The molecule has 0 aliphatic carbocycles. The first-order valence-electron chi connectivity index (χ1n) is 7.73. The second-order valence-corrected chi connectivity index (χ2v) is 7.70. The van der Waals surface area contributed by atoms with Crippen LogP contribution in [0.5, 0.6) is 0 Å². The largest absolute Gasteiger partial charge is 0.417 e. The second-order valence-electron chi connectivity index (χ2n) is 6.88. The molecule has 0 amide bonds. The van der Waals surface area contributed by atoms with Crippen LogP contribution in [-0.4, -0.2) is 16.9 Å². The van der Waals surface area contributed by atoms with Gasteiger partial charge in [0.05, 0.1) is 10.0 Å². The van der Waals surface area contributed by atoms with Crippen molar-refractivity contribution in [3.05, 3.63) is 69.7 Å². The Morgan fingerprint density at radius 1 is 0.920 bits per heavy atom. The van der Waals surface area contributed by atoms with Gasteiger partial charge in [0.25, 0.3) is 0 Å². The maximum absolute atomic E-state index is 13.7. The fourth-order valence-corrected chi connectivity index (χ4v) is 3.29. The first-order chi connectivity index (χ1) is 11.4. The molecular weight excluding hydrogens is 372 g/mol. The van der Waals surface area contributed by atoms with Crippen LogP contribution >= 0.6 is 23.2 Å². The Labute approximate surface area is 155 Å². The highest BCUT2D eigenvalue weighted by Gasteiger charge is 2.55. The molecule has 1 atom stereocenters. The Hall–Kier alpha value is -1.23. The van der Waals surface area contributed by atoms with Crippen molar-refractivity contribution in [3.8, 4) is 0 Å². The summed E-state index contributed by atoms with van der Waals surface area (Å²) >= 11 is 11.7. The molecular formula is C19H19Cl2F3O. The van der Waals surface area contributed by atoms with E-state index in [1.165, 1.54) is 18.2 Å². The summed E-state index contributed by atoms with van der Waals surface area (Å²) in [5.74, 6) is 0. The number of benzene rings is 2. The van der Waals surface area contributed by atoms with Gasteiger partial charge in [0, 0.05) is 6.42 Å². The molecule has 6 heteroatoms. The molecule has 0 radical (unpaired) electrons. The van der Waals surface area contributed by atoms with Gasteiger partial charge in [0.15, 0.2) is 5.60 Å². The topological polar surface area (TPSA) is 20.2 Å². The van der Waals surface area contributed by atoms with Crippen LogP contribution in [0.15, 0.2) is 48.5 Å². The van der Waals surface area contributed by atoms with Crippen LogP contribution in [0.2, 0.25) is 10.0 Å². The molecule has 0 spiro atoms. The van der Waals surface area contributed by atoms with Crippen molar-refractivity contribution in [2.75, 3.05) is 0 Å². The number of halogens is 5. The zero-order valence-electron chi connectivity index (χ0n) is 13.9. The molecule has 1 N–H and O–H groups in total. The summed E-state index contributed by atoms with van der Waals surface area (Å²) in [5, 5.41) is 11.0. The molecule has 0 heterocycles. The van der Waals surface area contributed by atoms with Crippen molar-refractivity contribution in [2.24, 2.45) is 0 Å². The van der Waals surface area contributed by atoms with Crippen molar-refractivity contribution in [2.45, 2.75) is 43.9 Å². The van der Waals surface area contributed by atoms with Gasteiger partial charge in [0.2, 0.25) is 0 Å². The van der Waals surface area contributed by atoms with E-state index < -0.39 is 30.0 Å². The predicted molar refractivity (Wildman–Crippen MR) is 95.3 cm³/mol. The fraction of sp³-hybridized carbons (Fsp3) is 0.368. The summed E-state index contributed by atoms with van der Waals surface area (Å²) in [5.41, 5.74) is -2.75. The lowest BCUT2D eigenvalue weighted by molar-refractivity contribution is -0.266. The monoisotopic (exact) mass is 390 g/mol. The minimum Gasteiger partial charge on any atom is -0.380 e. The summed E-state index contributed by atoms with van der Waals surface area (Å²) < 4.78 is 41.1. The smallest absolute Gasteiger partial charge is 0.380 e. The Morgan fingerprint density at radius 3 is 2.04 bits per heavy atom.